The molecule has 42 heavy (non-hydrogen) atoms. The molecule has 1 aliphatic rings. The summed E-state index contributed by atoms with van der Waals surface area (Å²) in [7, 11) is 9.56. The Morgan fingerprint density at radius 3 is 1.76 bits per heavy atom. The van der Waals surface area contributed by atoms with Gasteiger partial charge in [-0.1, -0.05) is 6.07 Å². The van der Waals surface area contributed by atoms with Crippen molar-refractivity contribution in [3.63, 3.8) is 0 Å². The van der Waals surface area contributed by atoms with Crippen LogP contribution in [0.25, 0.3) is 5.70 Å². The molecule has 3 aromatic carbocycles. The van der Waals surface area contributed by atoms with E-state index >= 15 is 0 Å². The Morgan fingerprint density at radius 1 is 0.619 bits per heavy atom. The first-order valence-electron chi connectivity index (χ1n) is 13.6. The summed E-state index contributed by atoms with van der Waals surface area (Å²) >= 11 is 0. The first-order chi connectivity index (χ1) is 20.5. The summed E-state index contributed by atoms with van der Waals surface area (Å²) in [5, 5.41) is 0. The molecular formula is C32H39NO9. The van der Waals surface area contributed by atoms with E-state index in [-0.39, 0.29) is 0 Å². The summed E-state index contributed by atoms with van der Waals surface area (Å²) in [5.41, 5.74) is 6.51. The van der Waals surface area contributed by atoms with Crippen LogP contribution in [-0.4, -0.2) is 55.9 Å². The van der Waals surface area contributed by atoms with E-state index in [1.54, 1.807) is 42.7 Å². The quantitative estimate of drug-likeness (QED) is 0.219. The third-order valence-corrected chi connectivity index (χ3v) is 6.76. The second-order valence-electron chi connectivity index (χ2n) is 9.45. The maximum atomic E-state index is 6.11. The number of unbranched alkanes of at least 4 members (excludes halogenated alkanes) is 1. The lowest BCUT2D eigenvalue weighted by molar-refractivity contribution is 0.0508. The van der Waals surface area contributed by atoms with Gasteiger partial charge in [-0.25, -0.2) is 0 Å². The second-order valence-corrected chi connectivity index (χ2v) is 9.45. The summed E-state index contributed by atoms with van der Waals surface area (Å²) in [6, 6.07) is 13.3. The average Bonchev–Trinajstić information content (AvgIpc) is 3.52. The third-order valence-electron chi connectivity index (χ3n) is 6.76. The SMILES string of the molecule is COc1ccc(C)cc1OCCCCOc1c(OC)cc(C2C=C(c3cc(OC)c(OC)c(OC)c3)NO2)cc1OC. The molecule has 10 nitrogen and oxygen atoms in total. The number of nitrogens with one attached hydrogen (secondary N) is 1. The maximum Gasteiger partial charge on any atom is 0.203 e. The summed E-state index contributed by atoms with van der Waals surface area (Å²) in [4.78, 5) is 5.90. The number of benzene rings is 3. The van der Waals surface area contributed by atoms with Crippen molar-refractivity contribution in [1.82, 2.24) is 5.48 Å². The van der Waals surface area contributed by atoms with Crippen LogP contribution in [0.2, 0.25) is 0 Å². The van der Waals surface area contributed by atoms with Crippen molar-refractivity contribution in [2.24, 2.45) is 0 Å². The van der Waals surface area contributed by atoms with E-state index in [0.29, 0.717) is 47.7 Å². The number of ether oxygens (including phenoxy) is 8. The molecule has 0 fully saturated rings. The minimum atomic E-state index is -0.410. The first-order valence-corrected chi connectivity index (χ1v) is 13.6. The second kappa shape index (κ2) is 14.5. The van der Waals surface area contributed by atoms with Crippen LogP contribution >= 0.6 is 0 Å². The number of hydrogen-bond donors (Lipinski definition) is 1. The van der Waals surface area contributed by atoms with Crippen LogP contribution in [0.1, 0.15) is 35.6 Å². The van der Waals surface area contributed by atoms with Gasteiger partial charge in [0.25, 0.3) is 0 Å². The molecule has 1 atom stereocenters. The molecule has 0 saturated heterocycles. The van der Waals surface area contributed by atoms with Gasteiger partial charge in [-0.05, 0) is 73.4 Å². The zero-order valence-electron chi connectivity index (χ0n) is 25.2. The Balaban J connectivity index is 1.42. The first kappa shape index (κ1) is 30.5. The number of methoxy groups -OCH3 is 6. The molecule has 0 spiro atoms. The normalized spacial score (nSPS) is 14.0. The van der Waals surface area contributed by atoms with Gasteiger partial charge in [0.1, 0.15) is 6.10 Å². The smallest absolute Gasteiger partial charge is 0.203 e. The summed E-state index contributed by atoms with van der Waals surface area (Å²) < 4.78 is 45.2. The minimum Gasteiger partial charge on any atom is -0.493 e. The minimum absolute atomic E-state index is 0.410. The lowest BCUT2D eigenvalue weighted by Crippen LogP contribution is -2.09. The lowest BCUT2D eigenvalue weighted by atomic mass is 10.0. The van der Waals surface area contributed by atoms with Crippen molar-refractivity contribution in [3.05, 3.63) is 65.2 Å². The fourth-order valence-electron chi connectivity index (χ4n) is 4.57. The molecule has 1 aliphatic heterocycles. The van der Waals surface area contributed by atoms with Crippen LogP contribution in [0.15, 0.2) is 48.5 Å². The molecule has 226 valence electrons. The van der Waals surface area contributed by atoms with Gasteiger partial charge in [-0.2, -0.15) is 0 Å². The predicted octanol–water partition coefficient (Wildman–Crippen LogP) is 5.90. The van der Waals surface area contributed by atoms with Crippen LogP contribution in [0, 0.1) is 6.92 Å². The Bertz CT molecular complexity index is 1340. The number of aryl methyl sites for hydroxylation is 1. The molecule has 1 unspecified atom stereocenters. The molecular weight excluding hydrogens is 542 g/mol. The monoisotopic (exact) mass is 581 g/mol. The van der Waals surface area contributed by atoms with E-state index < -0.39 is 6.10 Å². The summed E-state index contributed by atoms with van der Waals surface area (Å²) in [5.74, 6) is 4.69. The highest BCUT2D eigenvalue weighted by molar-refractivity contribution is 5.71. The van der Waals surface area contributed by atoms with Gasteiger partial charge in [-0.15, -0.1) is 0 Å². The van der Waals surface area contributed by atoms with Crippen LogP contribution in [0.4, 0.5) is 0 Å². The third kappa shape index (κ3) is 6.88. The molecule has 10 heteroatoms. The van der Waals surface area contributed by atoms with Crippen molar-refractivity contribution in [2.75, 3.05) is 55.9 Å². The van der Waals surface area contributed by atoms with Crippen molar-refractivity contribution in [2.45, 2.75) is 25.9 Å². The van der Waals surface area contributed by atoms with Gasteiger partial charge < -0.3 is 37.9 Å². The fraction of sp³-hybridized carbons (Fsp3) is 0.375. The van der Waals surface area contributed by atoms with E-state index in [1.165, 1.54) is 0 Å². The van der Waals surface area contributed by atoms with Gasteiger partial charge >= 0.3 is 0 Å². The van der Waals surface area contributed by atoms with Gasteiger partial charge in [0.2, 0.25) is 11.5 Å². The molecule has 0 saturated carbocycles. The highest BCUT2D eigenvalue weighted by Crippen LogP contribution is 2.44. The van der Waals surface area contributed by atoms with Crippen LogP contribution in [0.3, 0.4) is 0 Å². The van der Waals surface area contributed by atoms with Crippen LogP contribution in [-0.2, 0) is 4.84 Å². The van der Waals surface area contributed by atoms with E-state index in [9.17, 15) is 0 Å². The molecule has 0 aliphatic carbocycles. The molecule has 0 amide bonds. The van der Waals surface area contributed by atoms with Gasteiger partial charge in [-0.3, -0.25) is 10.3 Å². The zero-order chi connectivity index (χ0) is 30.1. The Labute approximate surface area is 246 Å². The van der Waals surface area contributed by atoms with Crippen molar-refractivity contribution >= 4 is 5.70 Å². The Morgan fingerprint density at radius 2 is 1.19 bits per heavy atom. The topological polar surface area (TPSA) is 95.1 Å². The molecule has 0 aromatic heterocycles. The summed E-state index contributed by atoms with van der Waals surface area (Å²) in [6.45, 7) is 3.03. The van der Waals surface area contributed by atoms with Crippen molar-refractivity contribution in [1.29, 1.82) is 0 Å². The van der Waals surface area contributed by atoms with Gasteiger partial charge in [0.15, 0.2) is 34.5 Å². The maximum absolute atomic E-state index is 6.11. The molecule has 0 radical (unpaired) electrons. The van der Waals surface area contributed by atoms with Crippen molar-refractivity contribution < 1.29 is 42.7 Å². The lowest BCUT2D eigenvalue weighted by Gasteiger charge is -2.17. The van der Waals surface area contributed by atoms with Crippen LogP contribution < -0.4 is 43.4 Å². The molecule has 3 aromatic rings. The van der Waals surface area contributed by atoms with E-state index in [2.05, 4.69) is 5.48 Å². The number of rotatable bonds is 15. The number of hydrogen-bond acceptors (Lipinski definition) is 10. The fourth-order valence-corrected chi connectivity index (χ4v) is 4.57. The molecule has 1 heterocycles. The standard InChI is InChI=1S/C32H39NO9/c1-20-10-11-24(34-2)26(14-20)40-12-8-9-13-41-32-29(37-5)17-22(18-30(32)38-6)25-19-23(33-42-25)21-15-27(35-3)31(39-7)28(16-21)36-4/h10-11,14-19,25,33H,8-9,12-13H2,1-7H3. The Hall–Kier alpha value is -4.44. The zero-order valence-corrected chi connectivity index (χ0v) is 25.2. The average molecular weight is 582 g/mol. The van der Waals surface area contributed by atoms with E-state index in [0.717, 1.165) is 46.7 Å². The molecule has 1 N–H and O–H groups in total. The van der Waals surface area contributed by atoms with Gasteiger partial charge in [0, 0.05) is 5.56 Å². The van der Waals surface area contributed by atoms with Crippen molar-refractivity contribution in [3.8, 4) is 46.0 Å². The molecule has 0 bridgehead atoms. The highest BCUT2D eigenvalue weighted by atomic mass is 16.7. The van der Waals surface area contributed by atoms with E-state index in [4.69, 9.17) is 42.7 Å². The van der Waals surface area contributed by atoms with Gasteiger partial charge in [0.05, 0.1) is 61.6 Å². The number of hydroxylamine groups is 1. The van der Waals surface area contributed by atoms with E-state index in [1.807, 2.05) is 55.5 Å². The highest BCUT2D eigenvalue weighted by Gasteiger charge is 2.25. The van der Waals surface area contributed by atoms with Crippen LogP contribution in [0.5, 0.6) is 46.0 Å². The molecule has 4 rings (SSSR count). The largest absolute Gasteiger partial charge is 0.493 e. The predicted molar refractivity (Wildman–Crippen MR) is 159 cm³/mol. The summed E-state index contributed by atoms with van der Waals surface area (Å²) in [6.07, 6.45) is 3.12. The Kier molecular flexibility index (Phi) is 10.5.